The molecule has 4 saturated carbocycles. The summed E-state index contributed by atoms with van der Waals surface area (Å²) < 4.78 is 15.6. The highest BCUT2D eigenvalue weighted by molar-refractivity contribution is 7.22. The number of pyridine rings is 1. The van der Waals surface area contributed by atoms with Crippen LogP contribution in [0.3, 0.4) is 0 Å². The molecule has 2 aliphatic heterocycles. The van der Waals surface area contributed by atoms with Crippen LogP contribution in [-0.4, -0.2) is 91.4 Å². The van der Waals surface area contributed by atoms with Gasteiger partial charge in [-0.2, -0.15) is 5.10 Å². The van der Waals surface area contributed by atoms with Gasteiger partial charge in [-0.3, -0.25) is 4.68 Å². The van der Waals surface area contributed by atoms with Gasteiger partial charge >= 0.3 is 5.97 Å². The van der Waals surface area contributed by atoms with Gasteiger partial charge in [0, 0.05) is 53.6 Å². The molecular weight excluding hydrogens is 763 g/mol. The minimum absolute atomic E-state index is 0.00731. The summed E-state index contributed by atoms with van der Waals surface area (Å²) in [5.74, 6) is 1.57. The normalized spacial score (nSPS) is 27.4. The molecule has 1 saturated heterocycles. The monoisotopic (exact) mass is 817 g/mol. The number of fused-ring (bicyclic) bond motifs is 2. The number of hydrogen-bond acceptors (Lipinski definition) is 12. The van der Waals surface area contributed by atoms with Crippen LogP contribution in [0.2, 0.25) is 0 Å². The number of nitrogens with zero attached hydrogens (tertiary/aromatic N) is 8. The molecule has 5 fully saturated rings. The highest BCUT2D eigenvalue weighted by Gasteiger charge is 2.66. The summed E-state index contributed by atoms with van der Waals surface area (Å²) in [5.41, 5.74) is 5.73. The maximum absolute atomic E-state index is 13.0. The van der Waals surface area contributed by atoms with Gasteiger partial charge in [0.1, 0.15) is 11.6 Å². The lowest BCUT2D eigenvalue weighted by molar-refractivity contribution is -0.248. The van der Waals surface area contributed by atoms with E-state index in [1.807, 2.05) is 48.4 Å². The maximum Gasteiger partial charge on any atom is 0.355 e. The summed E-state index contributed by atoms with van der Waals surface area (Å²) in [6, 6.07) is 9.66. The van der Waals surface area contributed by atoms with Gasteiger partial charge in [0.25, 0.3) is 0 Å². The van der Waals surface area contributed by atoms with Crippen LogP contribution in [0.4, 0.5) is 22.6 Å². The minimum Gasteiger partial charge on any atom is -0.497 e. The summed E-state index contributed by atoms with van der Waals surface area (Å²) in [5, 5.41) is 29.0. The predicted octanol–water partition coefficient (Wildman–Crippen LogP) is 8.73. The minimum atomic E-state index is -1.07. The number of hydrogen-bond donors (Lipinski definition) is 2. The van der Waals surface area contributed by atoms with E-state index in [1.165, 1.54) is 45.2 Å². The molecule has 4 atom stereocenters. The van der Waals surface area contributed by atoms with Crippen molar-refractivity contribution in [3.8, 4) is 16.9 Å². The Morgan fingerprint density at radius 2 is 1.73 bits per heavy atom. The molecule has 4 bridgehead atoms. The molecule has 14 heteroatoms. The number of methoxy groups -OCH3 is 1. The Balaban J connectivity index is 0.899. The summed E-state index contributed by atoms with van der Waals surface area (Å²) in [4.78, 5) is 27.1. The van der Waals surface area contributed by atoms with E-state index in [2.05, 4.69) is 45.9 Å². The molecular formula is C45H55N9O4S. The fourth-order valence-corrected chi connectivity index (χ4v) is 13.7. The van der Waals surface area contributed by atoms with Crippen LogP contribution in [0.25, 0.3) is 21.3 Å². The van der Waals surface area contributed by atoms with Gasteiger partial charge in [-0.15, -0.1) is 10.2 Å². The van der Waals surface area contributed by atoms with Gasteiger partial charge in [0.15, 0.2) is 22.5 Å². The third kappa shape index (κ3) is 6.94. The first-order chi connectivity index (χ1) is 28.3. The van der Waals surface area contributed by atoms with Crippen molar-refractivity contribution >= 4 is 50.1 Å². The second-order valence-corrected chi connectivity index (χ2v) is 20.2. The van der Waals surface area contributed by atoms with Crippen LogP contribution in [0.15, 0.2) is 36.5 Å². The molecule has 6 heterocycles. The van der Waals surface area contributed by atoms with E-state index >= 15 is 0 Å². The zero-order chi connectivity index (χ0) is 40.7. The number of carboxylic acids is 1. The second-order valence-electron chi connectivity index (χ2n) is 19.1. The molecule has 0 amide bonds. The van der Waals surface area contributed by atoms with Crippen LogP contribution in [0.1, 0.15) is 98.9 Å². The van der Waals surface area contributed by atoms with Crippen molar-refractivity contribution in [2.45, 2.75) is 104 Å². The zero-order valence-electron chi connectivity index (χ0n) is 34.9. The molecule has 5 aromatic rings. The van der Waals surface area contributed by atoms with E-state index in [4.69, 9.17) is 24.5 Å². The molecule has 2 unspecified atom stereocenters. The Labute approximate surface area is 349 Å². The molecule has 4 aromatic heterocycles. The highest BCUT2D eigenvalue weighted by atomic mass is 32.1. The van der Waals surface area contributed by atoms with E-state index in [-0.39, 0.29) is 27.5 Å². The average Bonchev–Trinajstić information content (AvgIpc) is 3.94. The number of nitrogens with one attached hydrogen (secondary N) is 1. The molecule has 0 spiro atoms. The molecule has 310 valence electrons. The predicted molar refractivity (Wildman–Crippen MR) is 229 cm³/mol. The van der Waals surface area contributed by atoms with Gasteiger partial charge in [-0.25, -0.2) is 14.8 Å². The number of ether oxygens (including phenoxy) is 2. The molecule has 6 aliphatic rings. The van der Waals surface area contributed by atoms with E-state index < -0.39 is 5.97 Å². The van der Waals surface area contributed by atoms with Crippen molar-refractivity contribution in [2.24, 2.45) is 16.2 Å². The van der Waals surface area contributed by atoms with Gasteiger partial charge in [0.05, 0.1) is 35.7 Å². The first kappa shape index (κ1) is 38.5. The quantitative estimate of drug-likeness (QED) is 0.124. The number of thiazole rings is 1. The number of aromatic carboxylic acids is 1. The standard InChI is InChI=1S/C45H55N9O4S/c1-28-31-9-8-16-53(39(31)51-50-38(28)49-41-47-34-19-30(57-5)10-12-35(34)59-41)36-13-11-32(37(48-36)40(55)56)33-20-46-54(29(33)2)27-44-22-42(3)21-43(4,23-44)25-45(24-42,26-44)58-18-17-52-14-6-7-15-52/h10-13,19-20H,6-9,14-18,21-27H2,1-5H3,(H,55,56)(H,47,49,50)/t42-,43+,44?,45?. The van der Waals surface area contributed by atoms with Gasteiger partial charge < -0.3 is 29.7 Å². The molecule has 1 aromatic carbocycles. The molecule has 0 radical (unpaired) electrons. The topological polar surface area (TPSA) is 144 Å². The van der Waals surface area contributed by atoms with Gasteiger partial charge in [-0.1, -0.05) is 25.2 Å². The lowest BCUT2D eigenvalue weighted by Crippen LogP contribution is -2.64. The van der Waals surface area contributed by atoms with Crippen molar-refractivity contribution in [2.75, 3.05) is 50.1 Å². The Bertz CT molecular complexity index is 2440. The number of carboxylic acid groups (broad SMARTS) is 1. The fraction of sp³-hybridized carbons (Fsp3) is 0.556. The van der Waals surface area contributed by atoms with E-state index in [1.54, 1.807) is 18.4 Å². The van der Waals surface area contributed by atoms with Crippen molar-refractivity contribution in [3.05, 3.63) is 59.0 Å². The number of benzene rings is 1. The lowest BCUT2D eigenvalue weighted by Gasteiger charge is -2.69. The van der Waals surface area contributed by atoms with E-state index in [0.717, 1.165) is 95.3 Å². The van der Waals surface area contributed by atoms with Crippen LogP contribution in [0, 0.1) is 30.1 Å². The second kappa shape index (κ2) is 14.2. The fourth-order valence-electron chi connectivity index (χ4n) is 12.8. The largest absolute Gasteiger partial charge is 0.497 e. The molecule has 11 rings (SSSR count). The number of rotatable bonds is 12. The van der Waals surface area contributed by atoms with Crippen molar-refractivity contribution in [1.29, 1.82) is 0 Å². The Kier molecular flexibility index (Phi) is 9.29. The molecule has 13 nitrogen and oxygen atoms in total. The van der Waals surface area contributed by atoms with Crippen LogP contribution < -0.4 is 15.0 Å². The maximum atomic E-state index is 13.0. The van der Waals surface area contributed by atoms with Gasteiger partial charge in [0.2, 0.25) is 0 Å². The third-order valence-corrected chi connectivity index (χ3v) is 15.1. The molecule has 2 N–H and O–H groups in total. The third-order valence-electron chi connectivity index (χ3n) is 14.1. The lowest BCUT2D eigenvalue weighted by atomic mass is 9.39. The van der Waals surface area contributed by atoms with Crippen LogP contribution in [0.5, 0.6) is 5.75 Å². The SMILES string of the molecule is COc1ccc2sc(Nc3nnc4c(c3C)CCCN4c3ccc(-c4cnn(CC56CC7(OCCN8CCCC8)C[C@](C)(C5)C[C@](C)(C6)C7)c4C)c(C(=O)O)n3)nc2c1. The number of carbonyl (C=O) groups is 1. The van der Waals surface area contributed by atoms with Crippen molar-refractivity contribution in [1.82, 2.24) is 34.8 Å². The van der Waals surface area contributed by atoms with Gasteiger partial charge in [-0.05, 0) is 132 Å². The smallest absolute Gasteiger partial charge is 0.355 e. The van der Waals surface area contributed by atoms with E-state index in [9.17, 15) is 9.90 Å². The number of anilines is 4. The molecule has 59 heavy (non-hydrogen) atoms. The Hall–Kier alpha value is -4.66. The summed E-state index contributed by atoms with van der Waals surface area (Å²) >= 11 is 1.55. The summed E-state index contributed by atoms with van der Waals surface area (Å²) in [6.45, 7) is 14.8. The Morgan fingerprint density at radius 3 is 2.49 bits per heavy atom. The summed E-state index contributed by atoms with van der Waals surface area (Å²) in [7, 11) is 1.65. The zero-order valence-corrected chi connectivity index (χ0v) is 35.8. The van der Waals surface area contributed by atoms with Crippen molar-refractivity contribution < 1.29 is 19.4 Å². The van der Waals surface area contributed by atoms with Crippen LogP contribution >= 0.6 is 11.3 Å². The van der Waals surface area contributed by atoms with E-state index in [0.29, 0.717) is 29.6 Å². The van der Waals surface area contributed by atoms with Crippen molar-refractivity contribution in [3.63, 3.8) is 0 Å². The summed E-state index contributed by atoms with van der Waals surface area (Å²) in [6.07, 6.45) is 13.1. The molecule has 4 aliphatic carbocycles. The van der Waals surface area contributed by atoms with Crippen LogP contribution in [-0.2, 0) is 17.7 Å². The first-order valence-corrected chi connectivity index (χ1v) is 22.1. The number of aromatic nitrogens is 6. The first-order valence-electron chi connectivity index (χ1n) is 21.3. The highest BCUT2D eigenvalue weighted by Crippen LogP contribution is 2.72. The average molecular weight is 818 g/mol. The number of likely N-dealkylation sites (tertiary alicyclic amines) is 1. The Morgan fingerprint density at radius 1 is 0.932 bits per heavy atom.